The van der Waals surface area contributed by atoms with Crippen LogP contribution in [0.5, 0.6) is 0 Å². The second-order valence-electron chi connectivity index (χ2n) is 6.20. The van der Waals surface area contributed by atoms with Gasteiger partial charge in [-0.15, -0.1) is 11.3 Å². The van der Waals surface area contributed by atoms with Crippen molar-refractivity contribution in [3.8, 4) is 0 Å². The first kappa shape index (κ1) is 21.4. The molecule has 0 atom stereocenters. The molecule has 1 amide bonds. The van der Waals surface area contributed by atoms with Gasteiger partial charge in [-0.25, -0.2) is 9.59 Å². The Hall–Kier alpha value is -2.87. The van der Waals surface area contributed by atoms with Gasteiger partial charge >= 0.3 is 11.9 Å². The lowest BCUT2D eigenvalue weighted by atomic mass is 10.1. The Labute approximate surface area is 167 Å². The summed E-state index contributed by atoms with van der Waals surface area (Å²) in [5.41, 5.74) is 0.295. The highest BCUT2D eigenvalue weighted by atomic mass is 32.1. The number of furan rings is 1. The fourth-order valence-electron chi connectivity index (χ4n) is 2.19. The van der Waals surface area contributed by atoms with Crippen LogP contribution in [0.1, 0.15) is 53.4 Å². The fourth-order valence-corrected chi connectivity index (χ4v) is 3.25. The van der Waals surface area contributed by atoms with Crippen molar-refractivity contribution >= 4 is 40.3 Å². The second-order valence-corrected chi connectivity index (χ2v) is 7.29. The smallest absolute Gasteiger partial charge is 0.341 e. The van der Waals surface area contributed by atoms with E-state index in [9.17, 15) is 14.4 Å². The third-order valence-electron chi connectivity index (χ3n) is 3.56. The molecule has 0 saturated carbocycles. The second kappa shape index (κ2) is 9.89. The first-order chi connectivity index (χ1) is 13.3. The van der Waals surface area contributed by atoms with Crippen LogP contribution in [0.2, 0.25) is 0 Å². The molecule has 8 heteroatoms. The van der Waals surface area contributed by atoms with Crippen LogP contribution in [0.4, 0.5) is 5.00 Å². The number of amides is 1. The Kier molecular flexibility index (Phi) is 7.57. The zero-order valence-electron chi connectivity index (χ0n) is 16.2. The lowest BCUT2D eigenvalue weighted by Crippen LogP contribution is -2.20. The highest BCUT2D eigenvalue weighted by Gasteiger charge is 2.20. The van der Waals surface area contributed by atoms with E-state index in [0.717, 1.165) is 10.6 Å². The van der Waals surface area contributed by atoms with Crippen molar-refractivity contribution in [1.29, 1.82) is 0 Å². The zero-order valence-corrected chi connectivity index (χ0v) is 17.1. The summed E-state index contributed by atoms with van der Waals surface area (Å²) in [6, 6.07) is 5.20. The van der Waals surface area contributed by atoms with Gasteiger partial charge in [0.05, 0.1) is 12.2 Å². The number of nitrogens with one attached hydrogen (secondary N) is 1. The molecule has 0 aliphatic carbocycles. The summed E-state index contributed by atoms with van der Waals surface area (Å²) in [4.78, 5) is 36.9. The predicted molar refractivity (Wildman–Crippen MR) is 106 cm³/mol. The standard InChI is InChI=1S/C20H23NO6S/c1-5-25-20(24)15-10-16(12(2)3)28-19(15)21-17(22)11-26-18(23)9-8-14-7-6-13(4)27-14/h6-10,12H,5,11H2,1-4H3,(H,21,22). The normalized spacial score (nSPS) is 11.0. The molecule has 2 aromatic heterocycles. The highest BCUT2D eigenvalue weighted by Crippen LogP contribution is 2.33. The SMILES string of the molecule is CCOC(=O)c1cc(C(C)C)sc1NC(=O)COC(=O)C=Cc1ccc(C)o1. The Balaban J connectivity index is 1.95. The molecule has 2 aromatic rings. The van der Waals surface area contributed by atoms with Crippen LogP contribution >= 0.6 is 11.3 Å². The summed E-state index contributed by atoms with van der Waals surface area (Å²) in [5, 5.41) is 3.00. The van der Waals surface area contributed by atoms with Crippen molar-refractivity contribution < 1.29 is 28.3 Å². The van der Waals surface area contributed by atoms with Crippen LogP contribution in [-0.4, -0.2) is 31.1 Å². The number of thiophene rings is 1. The van der Waals surface area contributed by atoms with Gasteiger partial charge in [0.15, 0.2) is 6.61 Å². The number of carbonyl (C=O) groups excluding carboxylic acids is 3. The summed E-state index contributed by atoms with van der Waals surface area (Å²) in [6.45, 7) is 7.24. The molecular weight excluding hydrogens is 382 g/mol. The molecule has 28 heavy (non-hydrogen) atoms. The highest BCUT2D eigenvalue weighted by molar-refractivity contribution is 7.16. The molecule has 1 N–H and O–H groups in total. The third-order valence-corrected chi connectivity index (χ3v) is 4.91. The molecule has 0 fully saturated rings. The quantitative estimate of drug-likeness (QED) is 0.524. The van der Waals surface area contributed by atoms with Crippen LogP contribution < -0.4 is 5.32 Å². The zero-order chi connectivity index (χ0) is 20.7. The van der Waals surface area contributed by atoms with E-state index in [1.165, 1.54) is 23.5 Å². The largest absolute Gasteiger partial charge is 0.462 e. The van der Waals surface area contributed by atoms with E-state index in [0.29, 0.717) is 16.3 Å². The van der Waals surface area contributed by atoms with Crippen molar-refractivity contribution in [1.82, 2.24) is 0 Å². The predicted octanol–water partition coefficient (Wildman–Crippen LogP) is 4.14. The molecule has 150 valence electrons. The van der Waals surface area contributed by atoms with Crippen LogP contribution in [0.15, 0.2) is 28.7 Å². The van der Waals surface area contributed by atoms with Crippen molar-refractivity contribution in [2.45, 2.75) is 33.6 Å². The van der Waals surface area contributed by atoms with E-state index >= 15 is 0 Å². The van der Waals surface area contributed by atoms with Crippen LogP contribution in [0.3, 0.4) is 0 Å². The maximum Gasteiger partial charge on any atom is 0.341 e. The molecule has 0 aliphatic heterocycles. The lowest BCUT2D eigenvalue weighted by Gasteiger charge is -2.06. The Morgan fingerprint density at radius 3 is 2.61 bits per heavy atom. The minimum Gasteiger partial charge on any atom is -0.462 e. The minimum absolute atomic E-state index is 0.192. The van der Waals surface area contributed by atoms with Gasteiger partial charge in [-0.1, -0.05) is 13.8 Å². The summed E-state index contributed by atoms with van der Waals surface area (Å²) in [7, 11) is 0. The molecule has 0 saturated heterocycles. The molecule has 0 spiro atoms. The number of aryl methyl sites for hydroxylation is 1. The molecule has 0 aromatic carbocycles. The number of ether oxygens (including phenoxy) is 2. The molecule has 0 unspecified atom stereocenters. The number of carbonyl (C=O) groups is 3. The average molecular weight is 405 g/mol. The lowest BCUT2D eigenvalue weighted by molar-refractivity contribution is -0.142. The fraction of sp³-hybridized carbons (Fsp3) is 0.350. The van der Waals surface area contributed by atoms with Crippen molar-refractivity contribution in [2.75, 3.05) is 18.5 Å². The Bertz CT molecular complexity index is 877. The van der Waals surface area contributed by atoms with E-state index < -0.39 is 24.5 Å². The summed E-state index contributed by atoms with van der Waals surface area (Å²) in [5.74, 6) is -0.298. The number of hydrogen-bond acceptors (Lipinski definition) is 7. The first-order valence-electron chi connectivity index (χ1n) is 8.82. The topological polar surface area (TPSA) is 94.8 Å². The summed E-state index contributed by atoms with van der Waals surface area (Å²) >= 11 is 1.29. The molecular formula is C20H23NO6S. The van der Waals surface area contributed by atoms with Gasteiger partial charge < -0.3 is 19.2 Å². The first-order valence-corrected chi connectivity index (χ1v) is 9.63. The van der Waals surface area contributed by atoms with Gasteiger partial charge in [-0.2, -0.15) is 0 Å². The van der Waals surface area contributed by atoms with Gasteiger partial charge in [0, 0.05) is 11.0 Å². The van der Waals surface area contributed by atoms with Crippen molar-refractivity contribution in [3.05, 3.63) is 46.2 Å². The maximum atomic E-state index is 12.1. The minimum atomic E-state index is -0.677. The molecule has 2 heterocycles. The van der Waals surface area contributed by atoms with E-state index in [4.69, 9.17) is 13.9 Å². The average Bonchev–Trinajstić information content (AvgIpc) is 3.25. The van der Waals surface area contributed by atoms with Gasteiger partial charge in [0.2, 0.25) is 0 Å². The van der Waals surface area contributed by atoms with Crippen LogP contribution in [-0.2, 0) is 19.1 Å². The molecule has 7 nitrogen and oxygen atoms in total. The summed E-state index contributed by atoms with van der Waals surface area (Å²) in [6.07, 6.45) is 2.64. The molecule has 0 aliphatic rings. The Morgan fingerprint density at radius 2 is 2.00 bits per heavy atom. The Morgan fingerprint density at radius 1 is 1.25 bits per heavy atom. The van der Waals surface area contributed by atoms with Crippen LogP contribution in [0, 0.1) is 6.92 Å². The van der Waals surface area contributed by atoms with Gasteiger partial charge in [0.25, 0.3) is 5.91 Å². The van der Waals surface area contributed by atoms with E-state index in [1.807, 2.05) is 13.8 Å². The van der Waals surface area contributed by atoms with Crippen molar-refractivity contribution in [3.63, 3.8) is 0 Å². The monoisotopic (exact) mass is 405 g/mol. The number of rotatable bonds is 8. The maximum absolute atomic E-state index is 12.1. The van der Waals surface area contributed by atoms with Gasteiger partial charge in [-0.3, -0.25) is 4.79 Å². The van der Waals surface area contributed by atoms with Crippen molar-refractivity contribution in [2.24, 2.45) is 0 Å². The summed E-state index contributed by atoms with van der Waals surface area (Å²) < 4.78 is 15.2. The molecule has 0 radical (unpaired) electrons. The van der Waals surface area contributed by atoms with E-state index in [2.05, 4.69) is 5.32 Å². The molecule has 2 rings (SSSR count). The third kappa shape index (κ3) is 6.09. The number of anilines is 1. The number of hydrogen-bond donors (Lipinski definition) is 1. The number of esters is 2. The van der Waals surface area contributed by atoms with Gasteiger partial charge in [-0.05, 0) is 44.0 Å². The van der Waals surface area contributed by atoms with E-state index in [1.54, 1.807) is 32.0 Å². The molecule has 0 bridgehead atoms. The van der Waals surface area contributed by atoms with Crippen LogP contribution in [0.25, 0.3) is 6.08 Å². The van der Waals surface area contributed by atoms with Gasteiger partial charge in [0.1, 0.15) is 16.5 Å². The van der Waals surface area contributed by atoms with E-state index in [-0.39, 0.29) is 12.5 Å².